The molecule has 10 rings (SSSR count). The Morgan fingerprint density at radius 2 is 0.930 bits per heavy atom. The van der Waals surface area contributed by atoms with Crippen LogP contribution in [0.15, 0.2) is 160 Å². The number of nitrogens with zero attached hydrogens (tertiary/aromatic N) is 9. The first-order chi connectivity index (χ1) is 52.5. The molecule has 0 aliphatic heterocycles. The maximum absolute atomic E-state index is 13.6. The normalized spacial score (nSPS) is 14.0. The number of hydrogen-bond acceptors (Lipinski definition) is 18. The van der Waals surface area contributed by atoms with E-state index in [0.29, 0.717) is 68.5 Å². The van der Waals surface area contributed by atoms with Gasteiger partial charge in [0.2, 0.25) is 19.2 Å². The van der Waals surface area contributed by atoms with Gasteiger partial charge in [0, 0.05) is 91.9 Å². The Balaban J connectivity index is -0.000000666. The number of amides is 1. The second kappa shape index (κ2) is 66.2. The number of benzene rings is 4. The zero-order valence-corrected chi connectivity index (χ0v) is 73.2. The van der Waals surface area contributed by atoms with Gasteiger partial charge in [0.1, 0.15) is 48.6 Å². The molecule has 2 aliphatic carbocycles. The first-order valence-electron chi connectivity index (χ1n) is 35.3. The van der Waals surface area contributed by atoms with Crippen molar-refractivity contribution in [1.29, 1.82) is 0 Å². The van der Waals surface area contributed by atoms with Gasteiger partial charge >= 0.3 is 51.5 Å². The molecule has 114 heavy (non-hydrogen) atoms. The van der Waals surface area contributed by atoms with E-state index in [1.165, 1.54) is 123 Å². The fourth-order valence-corrected chi connectivity index (χ4v) is 11.5. The maximum atomic E-state index is 13.6. The minimum atomic E-state index is -3.33. The van der Waals surface area contributed by atoms with Crippen LogP contribution in [0.25, 0.3) is 0 Å². The first kappa shape index (κ1) is 115. The van der Waals surface area contributed by atoms with Crippen molar-refractivity contribution in [3.05, 3.63) is 216 Å². The molecule has 0 radical (unpaired) electrons. The molecule has 1 amide bonds. The van der Waals surface area contributed by atoms with E-state index in [1.807, 2.05) is 0 Å². The van der Waals surface area contributed by atoms with Crippen molar-refractivity contribution in [3.63, 3.8) is 0 Å². The van der Waals surface area contributed by atoms with Crippen molar-refractivity contribution >= 4 is 155 Å². The van der Waals surface area contributed by atoms with Gasteiger partial charge in [-0.25, -0.2) is 42.3 Å². The van der Waals surface area contributed by atoms with Gasteiger partial charge < -0.3 is 41.9 Å². The third kappa shape index (κ3) is 47.0. The molecule has 8 aromatic rings. The predicted octanol–water partition coefficient (Wildman–Crippen LogP) is 14.6. The molecule has 2 saturated carbocycles. The number of rotatable bonds is 24. The van der Waals surface area contributed by atoms with Crippen LogP contribution in [0.4, 0.5) is 22.4 Å². The van der Waals surface area contributed by atoms with E-state index in [9.17, 15) is 51.2 Å². The molecule has 4 aromatic carbocycles. The summed E-state index contributed by atoms with van der Waals surface area (Å²) in [5.74, 6) is -1.73. The Labute approximate surface area is 721 Å². The topological polar surface area (TPSA) is 349 Å². The van der Waals surface area contributed by atoms with Crippen LogP contribution in [-0.2, 0) is 54.7 Å². The molecule has 4 heterocycles. The number of aliphatic hydroxyl groups excluding tert-OH is 2. The van der Waals surface area contributed by atoms with E-state index >= 15 is 0 Å². The van der Waals surface area contributed by atoms with E-state index in [-0.39, 0.29) is 103 Å². The van der Waals surface area contributed by atoms with E-state index in [2.05, 4.69) is 142 Å². The third-order valence-electron chi connectivity index (χ3n) is 17.1. The fourth-order valence-electron chi connectivity index (χ4n) is 11.5. The summed E-state index contributed by atoms with van der Waals surface area (Å²) in [5, 5.41) is 46.1. The number of nitrogens with one attached hydrogen (secondary N) is 3. The summed E-state index contributed by atoms with van der Waals surface area (Å²) in [6.45, 7) is 19.2. The molecule has 4 aromatic heterocycles. The summed E-state index contributed by atoms with van der Waals surface area (Å²) >= 11 is 19.7. The number of imidazole rings is 4. The number of aliphatic hydroxyl groups is 2. The molecule has 1 unspecified atom stereocenters. The number of hydrogen-bond donors (Lipinski definition) is 9. The molecule has 10 N–H and O–H groups in total. The fraction of sp³-hybridized carbons (Fsp3) is 0.453. The zero-order chi connectivity index (χ0) is 82.5. The summed E-state index contributed by atoms with van der Waals surface area (Å²) in [4.78, 5) is 67.6. The van der Waals surface area contributed by atoms with Crippen molar-refractivity contribution in [2.75, 3.05) is 43.4 Å². The van der Waals surface area contributed by atoms with Gasteiger partial charge in [0.05, 0.1) is 28.9 Å². The molecule has 39 heteroatoms. The average Bonchev–Trinajstić information content (AvgIpc) is 0.827. The molecule has 638 valence electrons. The second-order valence-corrected chi connectivity index (χ2v) is 30.4. The quantitative estimate of drug-likeness (QED) is 0.00677. The Bertz CT molecular complexity index is 3750. The van der Waals surface area contributed by atoms with Gasteiger partial charge in [-0.05, 0) is 128 Å². The summed E-state index contributed by atoms with van der Waals surface area (Å²) in [5.41, 5.74) is 11.7. The molecule has 2 fully saturated rings. The van der Waals surface area contributed by atoms with Gasteiger partial charge in [0.25, 0.3) is 6.47 Å². The van der Waals surface area contributed by atoms with E-state index < -0.39 is 54.9 Å². The van der Waals surface area contributed by atoms with E-state index in [0.717, 1.165) is 63.5 Å². The average molecular weight is 1800 g/mol. The monoisotopic (exact) mass is 1800 g/mol. The number of carbonyl (C=O) groups is 5. The van der Waals surface area contributed by atoms with Crippen LogP contribution in [0, 0.1) is 23.3 Å². The third-order valence-corrected chi connectivity index (χ3v) is 17.7. The standard InChI is InChI=1S/C26H34F2N2O2.C25H34F2N2O.C7H6N4O.C6H15N.2C4H4N2O.2CH2Cl2.CH2O2.4ClH.Mg.H2O4S/c1-18(2)20-7-6-8-21(14-20)26(9-4-3-5-10-26)30-16-25(32)24(29-17-31)13-19-11-22(27)15-23(28)12-19;1-17(2)19-7-6-8-20(14-19)25(9-4-3-5-10-25)29-16-24(30)23(28)13-18-11-21(26)15-22(27)12-18;12-7(10-3-1-8-5-10)11-4-2-9-6-11;1-4-7(5-2)6-3;2*7-4-6-2-1-5-3-6;3*2-1-3;;;;;;1-4-5(2)3/h6-8,11-12,14-15,17-18,24-25,30,32H,3-5,9-10,13,16H2,1-2H3,(H,29,31);6-8,11-12,14-15,17,23-24,29-30H,3-5,9-10,13,16,28H2,1-2H3;1-6H;4-6H2,1-3H3;2*1-4H;2*1H2;1H,(H,2,3);4*1H;;1H,(H,2,3)/t24-,25+;23-,24+;;;;;;;;;;;;;/m00............./s1. The van der Waals surface area contributed by atoms with Crippen LogP contribution < -0.4 is 21.7 Å². The molecule has 25 nitrogen and oxygen atoms in total. The van der Waals surface area contributed by atoms with Gasteiger partial charge in [-0.15, -0.1) is 96.0 Å². The number of nitrogens with two attached hydrogens (primary N) is 1. The van der Waals surface area contributed by atoms with Crippen molar-refractivity contribution in [3.8, 4) is 0 Å². The van der Waals surface area contributed by atoms with E-state index in [1.54, 1.807) is 49.6 Å². The van der Waals surface area contributed by atoms with Crippen LogP contribution in [-0.4, -0.2) is 192 Å². The Morgan fingerprint density at radius 3 is 1.20 bits per heavy atom. The Kier molecular flexibility index (Phi) is 66.5. The van der Waals surface area contributed by atoms with Crippen LogP contribution >= 0.6 is 96.0 Å². The Morgan fingerprint density at radius 1 is 0.596 bits per heavy atom. The molecular weight excluding hydrogens is 1690 g/mol. The van der Waals surface area contributed by atoms with Crippen molar-refractivity contribution in [2.45, 2.75) is 173 Å². The van der Waals surface area contributed by atoms with E-state index in [4.69, 9.17) is 71.8 Å². The van der Waals surface area contributed by atoms with Gasteiger partial charge in [-0.3, -0.25) is 37.4 Å². The molecule has 0 saturated heterocycles. The van der Waals surface area contributed by atoms with Gasteiger partial charge in [-0.2, -0.15) is 0 Å². The molecule has 0 bridgehead atoms. The number of carboxylic acid groups (broad SMARTS) is 1. The van der Waals surface area contributed by atoms with Crippen LogP contribution in [0.2, 0.25) is 0 Å². The van der Waals surface area contributed by atoms with Gasteiger partial charge in [0.15, 0.2) is 0 Å². The minimum absolute atomic E-state index is 0. The van der Waals surface area contributed by atoms with Crippen molar-refractivity contribution < 1.29 is 75.2 Å². The van der Waals surface area contributed by atoms with Gasteiger partial charge in [-0.1, -0.05) is 136 Å². The predicted molar refractivity (Wildman–Crippen MR) is 454 cm³/mol. The van der Waals surface area contributed by atoms with Crippen LogP contribution in [0.1, 0.15) is 158 Å². The summed E-state index contributed by atoms with van der Waals surface area (Å²) in [6, 6.07) is 22.5. The molecule has 5 atom stereocenters. The first-order valence-corrected chi connectivity index (χ1v) is 40.7. The number of aromatic nitrogens is 8. The molecule has 2 aliphatic rings. The zero-order valence-electron chi connectivity index (χ0n) is 64.7. The number of alkyl halides is 4. The molecule has 0 spiro atoms. The molecular formula is C75H109Cl8F4MgN13O12S. The number of carbonyl (C=O) groups excluding carboxylic acids is 4. The second-order valence-electron chi connectivity index (χ2n) is 25.3. The van der Waals surface area contributed by atoms with Crippen LogP contribution in [0.5, 0.6) is 0 Å². The summed E-state index contributed by atoms with van der Waals surface area (Å²) < 4.78 is 80.0. The Hall–Kier alpha value is -5.73. The van der Waals surface area contributed by atoms with Crippen molar-refractivity contribution in [1.82, 2.24) is 59.1 Å². The summed E-state index contributed by atoms with van der Waals surface area (Å²) in [6.07, 6.45) is 29.7. The SMILES string of the molecule is CC(C)c1cccc(C2(NC[C@@H](O)[C@@H](N)Cc3cc(F)cc(F)c3)CCCCC2)c1.CC(C)c1cccc(C2(NC[C@@H](O)[C@H](Cc3cc(F)cc(F)c3)NC=O)CCCCC2)c1.CCN(CC)CC.Cl.Cl.Cl.Cl.ClCCl.ClCCl.O=C(n1ccnc1)n1ccnc1.O=CO.O=Cn1ccnc1.O=Cn1ccnc1.O=[S](O)(=[Mg])OO. The van der Waals surface area contributed by atoms with Crippen molar-refractivity contribution in [2.24, 2.45) is 5.73 Å². The summed E-state index contributed by atoms with van der Waals surface area (Å²) in [7, 11) is -3.33. The number of halogens is 12. The van der Waals surface area contributed by atoms with Crippen LogP contribution in [0.3, 0.4) is 0 Å².